The van der Waals surface area contributed by atoms with Gasteiger partial charge in [-0.15, -0.1) is 0 Å². The topological polar surface area (TPSA) is 72.5 Å². The van der Waals surface area contributed by atoms with Gasteiger partial charge in [0.15, 0.2) is 5.58 Å². The fourth-order valence-electron chi connectivity index (χ4n) is 1.71. The summed E-state index contributed by atoms with van der Waals surface area (Å²) in [5, 5.41) is 0. The van der Waals surface area contributed by atoms with Crippen LogP contribution in [-0.2, 0) is 15.6 Å². The fraction of sp³-hybridized carbons (Fsp3) is 0.364. The molecule has 0 aliphatic rings. The maximum atomic E-state index is 11.7. The number of halogens is 1. The number of aromatic nitrogens is 1. The van der Waals surface area contributed by atoms with Crippen molar-refractivity contribution in [3.63, 3.8) is 0 Å². The summed E-state index contributed by atoms with van der Waals surface area (Å²) >= 11 is 0. The molecule has 1 heterocycles. The van der Waals surface area contributed by atoms with E-state index in [-0.39, 0.29) is 10.5 Å². The van der Waals surface area contributed by atoms with E-state index in [1.165, 1.54) is 22.8 Å². The molecule has 1 aromatic carbocycles. The summed E-state index contributed by atoms with van der Waals surface area (Å²) in [6.07, 6.45) is 0. The maximum Gasteiger partial charge on any atom is 0.419 e. The highest BCUT2D eigenvalue weighted by molar-refractivity contribution is 8.13. The Morgan fingerprint density at radius 3 is 2.63 bits per heavy atom. The molecule has 2 aromatic rings. The van der Waals surface area contributed by atoms with E-state index in [1.54, 1.807) is 0 Å². The van der Waals surface area contributed by atoms with Gasteiger partial charge >= 0.3 is 5.76 Å². The average molecular weight is 305 g/mol. The Kier molecular flexibility index (Phi) is 3.71. The van der Waals surface area contributed by atoms with Gasteiger partial charge in [0.05, 0.1) is 10.4 Å². The van der Waals surface area contributed by atoms with Crippen LogP contribution in [0.15, 0.2) is 32.3 Å². The molecule has 0 radical (unpaired) electrons. The van der Waals surface area contributed by atoms with Crippen molar-refractivity contribution >= 4 is 30.8 Å². The lowest BCUT2D eigenvalue weighted by Gasteiger charge is -2.09. The van der Waals surface area contributed by atoms with Gasteiger partial charge in [0.1, 0.15) is 0 Å². The van der Waals surface area contributed by atoms with Crippen LogP contribution in [0.25, 0.3) is 11.1 Å². The summed E-state index contributed by atoms with van der Waals surface area (Å²) in [5.74, 6) is -0.513. The number of rotatable bonds is 4. The molecule has 0 N–H and O–H groups in total. The molecule has 6 nitrogen and oxygen atoms in total. The second kappa shape index (κ2) is 4.99. The summed E-state index contributed by atoms with van der Waals surface area (Å²) < 4.78 is 28.9. The monoisotopic (exact) mass is 304 g/mol. The highest BCUT2D eigenvalue weighted by Crippen LogP contribution is 2.21. The van der Waals surface area contributed by atoms with E-state index >= 15 is 0 Å². The van der Waals surface area contributed by atoms with Crippen molar-refractivity contribution in [2.24, 2.45) is 0 Å². The van der Waals surface area contributed by atoms with Gasteiger partial charge in [-0.1, -0.05) is 0 Å². The first kappa shape index (κ1) is 14.1. The zero-order valence-corrected chi connectivity index (χ0v) is 12.0. The van der Waals surface area contributed by atoms with Crippen LogP contribution < -0.4 is 5.76 Å². The first-order valence-electron chi connectivity index (χ1n) is 5.52. The maximum absolute atomic E-state index is 11.7. The van der Waals surface area contributed by atoms with Crippen molar-refractivity contribution < 1.29 is 12.8 Å². The molecule has 0 fully saturated rings. The van der Waals surface area contributed by atoms with Gasteiger partial charge in [-0.3, -0.25) is 4.57 Å². The zero-order valence-electron chi connectivity index (χ0n) is 10.5. The van der Waals surface area contributed by atoms with Crippen molar-refractivity contribution in [3.8, 4) is 0 Å². The van der Waals surface area contributed by atoms with E-state index in [4.69, 9.17) is 15.1 Å². The Balaban J connectivity index is 2.51. The number of nitrogens with zero attached hydrogens (tertiary/aromatic N) is 2. The second-order valence-electron chi connectivity index (χ2n) is 4.39. The van der Waals surface area contributed by atoms with Gasteiger partial charge in [0.25, 0.3) is 9.05 Å². The number of hydrogen-bond donors (Lipinski definition) is 0. The van der Waals surface area contributed by atoms with Crippen molar-refractivity contribution in [3.05, 3.63) is 28.7 Å². The van der Waals surface area contributed by atoms with Crippen LogP contribution in [0.3, 0.4) is 0 Å². The third-order valence-electron chi connectivity index (χ3n) is 2.69. The van der Waals surface area contributed by atoms with E-state index in [2.05, 4.69) is 0 Å². The van der Waals surface area contributed by atoms with Gasteiger partial charge in [-0.25, -0.2) is 13.2 Å². The number of oxazole rings is 1. The number of likely N-dealkylation sites (N-methyl/N-ethyl adjacent to an activating group) is 1. The van der Waals surface area contributed by atoms with Gasteiger partial charge in [0.2, 0.25) is 0 Å². The summed E-state index contributed by atoms with van der Waals surface area (Å²) in [7, 11) is 5.20. The minimum Gasteiger partial charge on any atom is -0.408 e. The molecule has 1 aromatic heterocycles. The number of hydrogen-bond acceptors (Lipinski definition) is 5. The van der Waals surface area contributed by atoms with Crippen LogP contribution in [-0.4, -0.2) is 38.5 Å². The molecule has 0 saturated heterocycles. The van der Waals surface area contributed by atoms with E-state index in [0.29, 0.717) is 18.6 Å². The minimum absolute atomic E-state index is 0.0878. The molecule has 0 amide bonds. The van der Waals surface area contributed by atoms with Crippen LogP contribution in [0.1, 0.15) is 0 Å². The van der Waals surface area contributed by atoms with Crippen LogP contribution in [0, 0.1) is 0 Å². The summed E-state index contributed by atoms with van der Waals surface area (Å²) in [6, 6.07) is 4.13. The Morgan fingerprint density at radius 2 is 2.05 bits per heavy atom. The Bertz CT molecular complexity index is 761. The average Bonchev–Trinajstić information content (AvgIpc) is 2.59. The third kappa shape index (κ3) is 2.99. The predicted molar refractivity (Wildman–Crippen MR) is 72.1 cm³/mol. The first-order chi connectivity index (χ1) is 8.79. The Morgan fingerprint density at radius 1 is 1.37 bits per heavy atom. The molecular formula is C11H13ClN2O4S. The largest absolute Gasteiger partial charge is 0.419 e. The molecule has 19 heavy (non-hydrogen) atoms. The molecule has 0 unspecified atom stereocenters. The van der Waals surface area contributed by atoms with Crippen molar-refractivity contribution in [2.75, 3.05) is 20.6 Å². The molecule has 0 atom stereocenters. The van der Waals surface area contributed by atoms with E-state index in [1.807, 2.05) is 19.0 Å². The third-order valence-corrected chi connectivity index (χ3v) is 4.04. The highest BCUT2D eigenvalue weighted by Gasteiger charge is 2.15. The quantitative estimate of drug-likeness (QED) is 0.791. The fourth-order valence-corrected chi connectivity index (χ4v) is 2.48. The minimum atomic E-state index is -3.83. The van der Waals surface area contributed by atoms with Gasteiger partial charge in [-0.2, -0.15) is 0 Å². The second-order valence-corrected chi connectivity index (χ2v) is 6.96. The highest BCUT2D eigenvalue weighted by atomic mass is 35.7. The van der Waals surface area contributed by atoms with Crippen LogP contribution >= 0.6 is 10.7 Å². The summed E-state index contributed by atoms with van der Waals surface area (Å²) in [6.45, 7) is 1.13. The Hall–Kier alpha value is -1.31. The van der Waals surface area contributed by atoms with E-state index in [9.17, 15) is 13.2 Å². The van der Waals surface area contributed by atoms with E-state index in [0.717, 1.165) is 0 Å². The normalized spacial score (nSPS) is 12.4. The van der Waals surface area contributed by atoms with Crippen molar-refractivity contribution in [2.45, 2.75) is 11.4 Å². The van der Waals surface area contributed by atoms with Crippen molar-refractivity contribution in [1.82, 2.24) is 9.47 Å². The zero-order chi connectivity index (χ0) is 14.2. The molecule has 0 saturated carbocycles. The summed E-state index contributed by atoms with van der Waals surface area (Å²) in [5.41, 5.74) is 0.765. The SMILES string of the molecule is CN(C)CCn1c(=O)oc2cc(S(=O)(=O)Cl)ccc21. The molecule has 0 aliphatic carbocycles. The van der Waals surface area contributed by atoms with Crippen LogP contribution in [0.2, 0.25) is 0 Å². The molecular weight excluding hydrogens is 292 g/mol. The molecule has 8 heteroatoms. The first-order valence-corrected chi connectivity index (χ1v) is 7.83. The van der Waals surface area contributed by atoms with E-state index < -0.39 is 14.8 Å². The smallest absolute Gasteiger partial charge is 0.408 e. The number of benzene rings is 1. The van der Waals surface area contributed by atoms with Gasteiger partial charge in [-0.05, 0) is 26.2 Å². The van der Waals surface area contributed by atoms with Gasteiger partial charge < -0.3 is 9.32 Å². The molecule has 0 bridgehead atoms. The van der Waals surface area contributed by atoms with Crippen LogP contribution in [0.5, 0.6) is 0 Å². The lowest BCUT2D eigenvalue weighted by Crippen LogP contribution is -2.23. The Labute approximate surface area is 114 Å². The lowest BCUT2D eigenvalue weighted by atomic mass is 10.3. The molecule has 0 spiro atoms. The van der Waals surface area contributed by atoms with Crippen molar-refractivity contribution in [1.29, 1.82) is 0 Å². The lowest BCUT2D eigenvalue weighted by molar-refractivity contribution is 0.374. The summed E-state index contributed by atoms with van der Waals surface area (Å²) in [4.78, 5) is 13.6. The number of fused-ring (bicyclic) bond motifs is 1. The standard InChI is InChI=1S/C11H13ClN2O4S/c1-13(2)5-6-14-9-4-3-8(19(12,16)17)7-10(9)18-11(14)15/h3-4,7H,5-6H2,1-2H3. The molecule has 2 rings (SSSR count). The molecule has 0 aliphatic heterocycles. The van der Waals surface area contributed by atoms with Crippen LogP contribution in [0.4, 0.5) is 0 Å². The predicted octanol–water partition coefficient (Wildman–Crippen LogP) is 1.08. The van der Waals surface area contributed by atoms with Gasteiger partial charge in [0, 0.05) is 29.8 Å². The molecule has 104 valence electrons.